The maximum absolute atomic E-state index is 12.0. The summed E-state index contributed by atoms with van der Waals surface area (Å²) in [5, 5.41) is 0. The number of esters is 2. The van der Waals surface area contributed by atoms with Crippen LogP contribution in [0.3, 0.4) is 0 Å². The molecule has 0 spiro atoms. The Morgan fingerprint density at radius 1 is 0.909 bits per heavy atom. The van der Waals surface area contributed by atoms with Gasteiger partial charge in [-0.1, -0.05) is 41.5 Å². The Morgan fingerprint density at radius 2 is 1.32 bits per heavy atom. The highest BCUT2D eigenvalue weighted by Gasteiger charge is 2.29. The summed E-state index contributed by atoms with van der Waals surface area (Å²) in [6.45, 7) is 15.8. The van der Waals surface area contributed by atoms with Crippen molar-refractivity contribution >= 4 is 11.9 Å². The lowest BCUT2D eigenvalue weighted by Crippen LogP contribution is -2.65. The molecule has 130 valence electrons. The number of carbonyl (C=O) groups excluding carboxylic acids is 2. The van der Waals surface area contributed by atoms with Gasteiger partial charge in [-0.2, -0.15) is 0 Å². The van der Waals surface area contributed by atoms with Crippen LogP contribution in [-0.2, 0) is 19.1 Å². The summed E-state index contributed by atoms with van der Waals surface area (Å²) in [5.41, 5.74) is 3.58. The van der Waals surface area contributed by atoms with Gasteiger partial charge in [0.1, 0.15) is 12.2 Å². The lowest BCUT2D eigenvalue weighted by Gasteiger charge is -2.27. The van der Waals surface area contributed by atoms with Gasteiger partial charge in [0.15, 0.2) is 6.04 Å². The molecule has 0 aliphatic heterocycles. The standard InChI is InChI=1S/C17H33NO4/c1-11(16(3,4)5)21-14(19)10-9-13(18)15(20)22-12(2)17(6,7)8/h11-13H,9-10,18H2,1-8H3/p+1/t11-,12+,13-/m1/s1. The molecule has 5 heteroatoms. The van der Waals surface area contributed by atoms with Crippen LogP contribution < -0.4 is 5.73 Å². The molecule has 3 atom stereocenters. The third-order valence-corrected chi connectivity index (χ3v) is 4.07. The van der Waals surface area contributed by atoms with Crippen LogP contribution >= 0.6 is 0 Å². The summed E-state index contributed by atoms with van der Waals surface area (Å²) < 4.78 is 10.8. The Hall–Kier alpha value is -1.10. The fraction of sp³-hybridized carbons (Fsp3) is 0.882. The maximum atomic E-state index is 12.0. The van der Waals surface area contributed by atoms with Crippen LogP contribution in [0.15, 0.2) is 0 Å². The minimum atomic E-state index is -0.553. The second-order valence-electron chi connectivity index (χ2n) is 8.18. The van der Waals surface area contributed by atoms with Crippen LogP contribution in [0.25, 0.3) is 0 Å². The number of carbonyl (C=O) groups is 2. The third kappa shape index (κ3) is 7.78. The van der Waals surface area contributed by atoms with Gasteiger partial charge in [-0.15, -0.1) is 0 Å². The van der Waals surface area contributed by atoms with E-state index in [0.29, 0.717) is 6.42 Å². The van der Waals surface area contributed by atoms with E-state index in [4.69, 9.17) is 9.47 Å². The largest absolute Gasteiger partial charge is 0.462 e. The summed E-state index contributed by atoms with van der Waals surface area (Å²) in [7, 11) is 0. The lowest BCUT2D eigenvalue weighted by atomic mass is 9.90. The first kappa shape index (κ1) is 20.9. The first-order valence-corrected chi connectivity index (χ1v) is 7.98. The average Bonchev–Trinajstić information content (AvgIpc) is 2.33. The lowest BCUT2D eigenvalue weighted by molar-refractivity contribution is -0.410. The third-order valence-electron chi connectivity index (χ3n) is 4.07. The SMILES string of the molecule is C[C@H](OC(=O)[C@H]([NH3+])CCC(=O)O[C@H](C)C(C)(C)C)C(C)(C)C. The molecule has 0 aliphatic carbocycles. The Bertz CT molecular complexity index is 379. The molecule has 0 fully saturated rings. The van der Waals surface area contributed by atoms with Crippen molar-refractivity contribution in [2.24, 2.45) is 10.8 Å². The number of hydrogen-bond donors (Lipinski definition) is 1. The molecular weight excluding hydrogens is 282 g/mol. The molecular formula is C17H34NO4+. The van der Waals surface area contributed by atoms with Crippen LogP contribution in [0.5, 0.6) is 0 Å². The first-order chi connectivity index (χ1) is 9.75. The maximum Gasteiger partial charge on any atom is 0.365 e. The van der Waals surface area contributed by atoms with E-state index < -0.39 is 6.04 Å². The second-order valence-corrected chi connectivity index (χ2v) is 8.18. The van der Waals surface area contributed by atoms with Crippen LogP contribution in [-0.4, -0.2) is 30.2 Å². The summed E-state index contributed by atoms with van der Waals surface area (Å²) in [6.07, 6.45) is 0.146. The quantitative estimate of drug-likeness (QED) is 0.763. The second kappa shape index (κ2) is 7.95. The van der Waals surface area contributed by atoms with E-state index in [-0.39, 0.29) is 41.4 Å². The summed E-state index contributed by atoms with van der Waals surface area (Å²) in [5.74, 6) is -0.660. The van der Waals surface area contributed by atoms with Crippen molar-refractivity contribution in [1.82, 2.24) is 0 Å². The Kier molecular flexibility index (Phi) is 7.55. The molecule has 0 aromatic carbocycles. The molecule has 0 aromatic heterocycles. The smallest absolute Gasteiger partial charge is 0.365 e. The molecule has 0 unspecified atom stereocenters. The summed E-state index contributed by atoms with van der Waals surface area (Å²) in [6, 6.07) is -0.553. The fourth-order valence-electron chi connectivity index (χ4n) is 1.29. The molecule has 5 nitrogen and oxygen atoms in total. The number of hydrogen-bond acceptors (Lipinski definition) is 4. The zero-order valence-corrected chi connectivity index (χ0v) is 15.5. The van der Waals surface area contributed by atoms with Crippen molar-refractivity contribution in [1.29, 1.82) is 0 Å². The van der Waals surface area contributed by atoms with E-state index in [2.05, 4.69) is 5.73 Å². The molecule has 0 amide bonds. The summed E-state index contributed by atoms with van der Waals surface area (Å²) in [4.78, 5) is 23.8. The first-order valence-electron chi connectivity index (χ1n) is 7.98. The van der Waals surface area contributed by atoms with Gasteiger partial charge < -0.3 is 15.2 Å². The van der Waals surface area contributed by atoms with E-state index in [0.717, 1.165) is 0 Å². The van der Waals surface area contributed by atoms with Crippen LogP contribution in [0.4, 0.5) is 0 Å². The summed E-state index contributed by atoms with van der Waals surface area (Å²) >= 11 is 0. The van der Waals surface area contributed by atoms with E-state index >= 15 is 0 Å². The monoisotopic (exact) mass is 316 g/mol. The number of rotatable bonds is 6. The molecule has 0 bridgehead atoms. The molecule has 0 heterocycles. The van der Waals surface area contributed by atoms with Gasteiger partial charge in [-0.05, 0) is 24.7 Å². The zero-order valence-electron chi connectivity index (χ0n) is 15.5. The highest BCUT2D eigenvalue weighted by atomic mass is 16.5. The van der Waals surface area contributed by atoms with Crippen molar-refractivity contribution in [3.63, 3.8) is 0 Å². The topological polar surface area (TPSA) is 80.2 Å². The van der Waals surface area contributed by atoms with E-state index in [9.17, 15) is 9.59 Å². The molecule has 22 heavy (non-hydrogen) atoms. The molecule has 0 radical (unpaired) electrons. The Balaban J connectivity index is 4.25. The van der Waals surface area contributed by atoms with Gasteiger partial charge in [0.05, 0.1) is 6.42 Å². The number of ether oxygens (including phenoxy) is 2. The Labute approximate surface area is 134 Å². The number of quaternary nitrogens is 1. The van der Waals surface area contributed by atoms with E-state index in [1.165, 1.54) is 0 Å². The Morgan fingerprint density at radius 3 is 1.73 bits per heavy atom. The molecule has 0 aromatic rings. The van der Waals surface area contributed by atoms with Crippen molar-refractivity contribution in [3.05, 3.63) is 0 Å². The molecule has 0 saturated carbocycles. The highest BCUT2D eigenvalue weighted by molar-refractivity contribution is 5.76. The van der Waals surface area contributed by atoms with Gasteiger partial charge in [-0.3, -0.25) is 4.79 Å². The molecule has 3 N–H and O–H groups in total. The van der Waals surface area contributed by atoms with Crippen molar-refractivity contribution in [2.45, 2.75) is 86.5 Å². The van der Waals surface area contributed by atoms with Crippen molar-refractivity contribution in [3.8, 4) is 0 Å². The zero-order chi connectivity index (χ0) is 17.7. The van der Waals surface area contributed by atoms with Gasteiger partial charge in [0.25, 0.3) is 0 Å². The van der Waals surface area contributed by atoms with E-state index in [1.54, 1.807) is 0 Å². The van der Waals surface area contributed by atoms with Crippen LogP contribution in [0, 0.1) is 10.8 Å². The normalized spacial score (nSPS) is 16.6. The minimum Gasteiger partial charge on any atom is -0.462 e. The molecule has 0 aliphatic rings. The van der Waals surface area contributed by atoms with Crippen LogP contribution in [0.1, 0.15) is 68.2 Å². The van der Waals surface area contributed by atoms with E-state index in [1.807, 2.05) is 55.4 Å². The van der Waals surface area contributed by atoms with Crippen molar-refractivity contribution in [2.75, 3.05) is 0 Å². The van der Waals surface area contributed by atoms with Crippen LogP contribution in [0.2, 0.25) is 0 Å². The minimum absolute atomic E-state index is 0.0966. The average molecular weight is 316 g/mol. The van der Waals surface area contributed by atoms with Gasteiger partial charge in [0, 0.05) is 6.42 Å². The van der Waals surface area contributed by atoms with Crippen molar-refractivity contribution < 1.29 is 24.8 Å². The van der Waals surface area contributed by atoms with Gasteiger partial charge in [-0.25, -0.2) is 4.79 Å². The molecule has 0 saturated heterocycles. The molecule has 0 rings (SSSR count). The van der Waals surface area contributed by atoms with Gasteiger partial charge in [0.2, 0.25) is 0 Å². The highest BCUT2D eigenvalue weighted by Crippen LogP contribution is 2.23. The predicted molar refractivity (Wildman–Crippen MR) is 85.9 cm³/mol. The predicted octanol–water partition coefficient (Wildman–Crippen LogP) is 2.33. The van der Waals surface area contributed by atoms with Gasteiger partial charge >= 0.3 is 11.9 Å². The fourth-order valence-corrected chi connectivity index (χ4v) is 1.29.